The number of nitrogens with one attached hydrogen (secondary N) is 1. The highest BCUT2D eigenvalue weighted by Gasteiger charge is 2.28. The third-order valence-electron chi connectivity index (χ3n) is 6.52. The van der Waals surface area contributed by atoms with Gasteiger partial charge in [-0.05, 0) is 70.2 Å². The minimum absolute atomic E-state index is 0.0670. The van der Waals surface area contributed by atoms with Gasteiger partial charge in [-0.1, -0.05) is 23.8 Å². The minimum Gasteiger partial charge on any atom is -0.355 e. The first-order chi connectivity index (χ1) is 14.0. The van der Waals surface area contributed by atoms with Crippen LogP contribution in [-0.4, -0.2) is 54.6 Å². The van der Waals surface area contributed by atoms with Gasteiger partial charge in [-0.15, -0.1) is 0 Å². The largest absolute Gasteiger partial charge is 0.355 e. The van der Waals surface area contributed by atoms with E-state index < -0.39 is 0 Å². The highest BCUT2D eigenvalue weighted by atomic mass is 32.1. The maximum Gasteiger partial charge on any atom is 0.224 e. The standard InChI is InChI=1S/C23H34N4OS/c1-16-13-17(2)21-20(14-16)29-23(25-21)27-11-6-8-19(15-27)22(28)24-9-12-26-10-5-4-7-18(26)3/h13-14,18-19H,4-12,15H2,1-3H3,(H,24,28)/t18-,19-/m1/s1. The summed E-state index contributed by atoms with van der Waals surface area (Å²) in [5, 5.41) is 4.27. The molecule has 0 bridgehead atoms. The number of hydrogen-bond donors (Lipinski definition) is 1. The van der Waals surface area contributed by atoms with Crippen LogP contribution in [0.2, 0.25) is 0 Å². The summed E-state index contributed by atoms with van der Waals surface area (Å²) in [5.41, 5.74) is 3.63. The molecule has 0 spiro atoms. The van der Waals surface area contributed by atoms with Crippen LogP contribution in [0, 0.1) is 19.8 Å². The predicted octanol–water partition coefficient (Wildman–Crippen LogP) is 4.12. The topological polar surface area (TPSA) is 48.5 Å². The molecule has 2 fully saturated rings. The smallest absolute Gasteiger partial charge is 0.224 e. The molecule has 0 unspecified atom stereocenters. The van der Waals surface area contributed by atoms with Crippen molar-refractivity contribution in [3.05, 3.63) is 23.3 Å². The molecule has 2 aliphatic rings. The van der Waals surface area contributed by atoms with Crippen molar-refractivity contribution in [2.75, 3.05) is 37.6 Å². The lowest BCUT2D eigenvalue weighted by Gasteiger charge is -2.34. The highest BCUT2D eigenvalue weighted by molar-refractivity contribution is 7.22. The van der Waals surface area contributed by atoms with E-state index in [1.54, 1.807) is 11.3 Å². The molecule has 2 aliphatic heterocycles. The number of amides is 1. The molecule has 0 aliphatic carbocycles. The highest BCUT2D eigenvalue weighted by Crippen LogP contribution is 2.33. The lowest BCUT2D eigenvalue weighted by molar-refractivity contribution is -0.125. The van der Waals surface area contributed by atoms with E-state index >= 15 is 0 Å². The van der Waals surface area contributed by atoms with Crippen LogP contribution >= 0.6 is 11.3 Å². The van der Waals surface area contributed by atoms with E-state index in [2.05, 4.69) is 48.0 Å². The van der Waals surface area contributed by atoms with E-state index in [1.807, 2.05) is 0 Å². The third-order valence-corrected chi connectivity index (χ3v) is 7.58. The number of carbonyl (C=O) groups is 1. The maximum atomic E-state index is 12.8. The lowest BCUT2D eigenvalue weighted by atomic mass is 9.97. The Kier molecular flexibility index (Phi) is 6.40. The Bertz CT molecular complexity index is 864. The van der Waals surface area contributed by atoms with Gasteiger partial charge in [-0.3, -0.25) is 9.69 Å². The van der Waals surface area contributed by atoms with Gasteiger partial charge in [0.1, 0.15) is 0 Å². The van der Waals surface area contributed by atoms with Gasteiger partial charge in [-0.2, -0.15) is 0 Å². The molecule has 5 nitrogen and oxygen atoms in total. The number of fused-ring (bicyclic) bond motifs is 1. The number of hydrogen-bond acceptors (Lipinski definition) is 5. The van der Waals surface area contributed by atoms with Crippen molar-refractivity contribution in [3.63, 3.8) is 0 Å². The second kappa shape index (κ2) is 9.00. The Morgan fingerprint density at radius 1 is 1.21 bits per heavy atom. The maximum absolute atomic E-state index is 12.8. The molecule has 2 aromatic rings. The van der Waals surface area contributed by atoms with E-state index in [4.69, 9.17) is 4.98 Å². The molecule has 2 saturated heterocycles. The Hall–Kier alpha value is -1.66. The summed E-state index contributed by atoms with van der Waals surface area (Å²) in [6.45, 7) is 11.3. The zero-order valence-electron chi connectivity index (χ0n) is 18.0. The van der Waals surface area contributed by atoms with E-state index in [0.29, 0.717) is 6.04 Å². The van der Waals surface area contributed by atoms with Crippen LogP contribution < -0.4 is 10.2 Å². The summed E-state index contributed by atoms with van der Waals surface area (Å²) in [7, 11) is 0. The van der Waals surface area contributed by atoms with Crippen LogP contribution in [0.5, 0.6) is 0 Å². The number of piperidine rings is 2. The summed E-state index contributed by atoms with van der Waals surface area (Å²) in [6.07, 6.45) is 5.94. The Labute approximate surface area is 178 Å². The number of aromatic nitrogens is 1. The van der Waals surface area contributed by atoms with E-state index in [9.17, 15) is 4.79 Å². The zero-order valence-corrected chi connectivity index (χ0v) is 18.9. The zero-order chi connectivity index (χ0) is 20.4. The second-order valence-corrected chi connectivity index (χ2v) is 9.89. The normalized spacial score (nSPS) is 23.5. The molecule has 158 valence electrons. The van der Waals surface area contributed by atoms with E-state index in [-0.39, 0.29) is 11.8 Å². The van der Waals surface area contributed by atoms with Crippen LogP contribution in [0.25, 0.3) is 10.2 Å². The lowest BCUT2D eigenvalue weighted by Crippen LogP contribution is -2.46. The molecule has 2 atom stereocenters. The summed E-state index contributed by atoms with van der Waals surface area (Å²) in [6, 6.07) is 5.07. The van der Waals surface area contributed by atoms with Crippen LogP contribution in [0.4, 0.5) is 5.13 Å². The molecule has 1 aromatic carbocycles. The molecule has 4 rings (SSSR count). The number of carbonyl (C=O) groups excluding carboxylic acids is 1. The predicted molar refractivity (Wildman–Crippen MR) is 122 cm³/mol. The van der Waals surface area contributed by atoms with Gasteiger partial charge in [0, 0.05) is 32.2 Å². The number of thiazole rings is 1. The minimum atomic E-state index is 0.0670. The van der Waals surface area contributed by atoms with Crippen molar-refractivity contribution in [1.82, 2.24) is 15.2 Å². The van der Waals surface area contributed by atoms with Gasteiger partial charge in [0.15, 0.2) is 5.13 Å². The number of benzene rings is 1. The molecule has 6 heteroatoms. The summed E-state index contributed by atoms with van der Waals surface area (Å²) in [5.74, 6) is 0.282. The van der Waals surface area contributed by atoms with Crippen molar-refractivity contribution in [2.24, 2.45) is 5.92 Å². The molecule has 29 heavy (non-hydrogen) atoms. The van der Waals surface area contributed by atoms with Gasteiger partial charge in [0.25, 0.3) is 0 Å². The summed E-state index contributed by atoms with van der Waals surface area (Å²) < 4.78 is 1.25. The Balaban J connectivity index is 1.34. The molecule has 0 saturated carbocycles. The number of anilines is 1. The van der Waals surface area contributed by atoms with Crippen molar-refractivity contribution in [1.29, 1.82) is 0 Å². The number of nitrogens with zero attached hydrogens (tertiary/aromatic N) is 3. The Morgan fingerprint density at radius 3 is 2.90 bits per heavy atom. The monoisotopic (exact) mass is 414 g/mol. The SMILES string of the molecule is Cc1cc(C)c2nc(N3CCC[C@@H](C(=O)NCCN4CCCC[C@H]4C)C3)sc2c1. The van der Waals surface area contributed by atoms with Gasteiger partial charge in [0.2, 0.25) is 5.91 Å². The number of rotatable bonds is 5. The first kappa shape index (κ1) is 20.6. The summed E-state index contributed by atoms with van der Waals surface area (Å²) in [4.78, 5) is 22.5. The molecule has 1 N–H and O–H groups in total. The van der Waals surface area contributed by atoms with Crippen LogP contribution in [0.15, 0.2) is 12.1 Å². The van der Waals surface area contributed by atoms with Gasteiger partial charge >= 0.3 is 0 Å². The van der Waals surface area contributed by atoms with Gasteiger partial charge in [-0.25, -0.2) is 4.98 Å². The van der Waals surface area contributed by atoms with E-state index in [0.717, 1.165) is 49.7 Å². The third kappa shape index (κ3) is 4.75. The first-order valence-corrected chi connectivity index (χ1v) is 12.0. The molecular formula is C23H34N4OS. The van der Waals surface area contributed by atoms with Crippen LogP contribution in [0.3, 0.4) is 0 Å². The average molecular weight is 415 g/mol. The van der Waals surface area contributed by atoms with Crippen molar-refractivity contribution < 1.29 is 4.79 Å². The fraction of sp³-hybridized carbons (Fsp3) is 0.652. The van der Waals surface area contributed by atoms with E-state index in [1.165, 1.54) is 41.6 Å². The molecule has 1 aromatic heterocycles. The van der Waals surface area contributed by atoms with Crippen molar-refractivity contribution in [2.45, 2.75) is 58.9 Å². The van der Waals surface area contributed by atoms with Crippen LogP contribution in [0.1, 0.15) is 50.2 Å². The van der Waals surface area contributed by atoms with Crippen LogP contribution in [-0.2, 0) is 4.79 Å². The first-order valence-electron chi connectivity index (χ1n) is 11.2. The van der Waals surface area contributed by atoms with Crippen molar-refractivity contribution in [3.8, 4) is 0 Å². The Morgan fingerprint density at radius 2 is 2.07 bits per heavy atom. The quantitative estimate of drug-likeness (QED) is 0.800. The number of likely N-dealkylation sites (tertiary alicyclic amines) is 1. The second-order valence-electron chi connectivity index (χ2n) is 8.88. The fourth-order valence-electron chi connectivity index (χ4n) is 4.82. The summed E-state index contributed by atoms with van der Waals surface area (Å²) >= 11 is 1.76. The van der Waals surface area contributed by atoms with Gasteiger partial charge in [0.05, 0.1) is 16.1 Å². The molecule has 3 heterocycles. The molecule has 1 amide bonds. The molecular weight excluding hydrogens is 380 g/mol. The average Bonchev–Trinajstić information content (AvgIpc) is 3.14. The fourth-order valence-corrected chi connectivity index (χ4v) is 5.99. The van der Waals surface area contributed by atoms with Crippen molar-refractivity contribution >= 4 is 32.6 Å². The van der Waals surface area contributed by atoms with Gasteiger partial charge < -0.3 is 10.2 Å². The molecule has 0 radical (unpaired) electrons. The number of aryl methyl sites for hydroxylation is 2.